The van der Waals surface area contributed by atoms with Gasteiger partial charge in [-0.3, -0.25) is 4.79 Å². The van der Waals surface area contributed by atoms with Gasteiger partial charge in [-0.25, -0.2) is 8.42 Å². The van der Waals surface area contributed by atoms with Gasteiger partial charge in [-0.1, -0.05) is 18.2 Å². The summed E-state index contributed by atoms with van der Waals surface area (Å²) >= 11 is 0. The van der Waals surface area contributed by atoms with Gasteiger partial charge < -0.3 is 10.1 Å². The molecule has 0 spiro atoms. The van der Waals surface area contributed by atoms with Gasteiger partial charge in [-0.2, -0.15) is 4.31 Å². The largest absolute Gasteiger partial charge is 0.491 e. The average Bonchev–Trinajstić information content (AvgIpc) is 3.23. The molecular weight excluding hydrogens is 376 g/mol. The van der Waals surface area contributed by atoms with Gasteiger partial charge in [0.15, 0.2) is 0 Å². The fourth-order valence-corrected chi connectivity index (χ4v) is 4.65. The Morgan fingerprint density at radius 2 is 1.75 bits per heavy atom. The minimum atomic E-state index is -3.47. The molecule has 1 heterocycles. The van der Waals surface area contributed by atoms with Gasteiger partial charge in [0.2, 0.25) is 10.0 Å². The number of benzene rings is 2. The van der Waals surface area contributed by atoms with Crippen LogP contribution in [0, 0.1) is 6.92 Å². The lowest BCUT2D eigenvalue weighted by molar-refractivity contribution is 0.0926. The third-order valence-electron chi connectivity index (χ3n) is 4.78. The van der Waals surface area contributed by atoms with Crippen molar-refractivity contribution in [3.63, 3.8) is 0 Å². The fourth-order valence-electron chi connectivity index (χ4n) is 3.14. The van der Waals surface area contributed by atoms with Gasteiger partial charge in [0.1, 0.15) is 12.4 Å². The number of carbonyl (C=O) groups excluding carboxylic acids is 1. The van der Waals surface area contributed by atoms with E-state index in [-0.39, 0.29) is 16.8 Å². The molecule has 150 valence electrons. The zero-order valence-corrected chi connectivity index (χ0v) is 17.0. The molecule has 1 aliphatic heterocycles. The van der Waals surface area contributed by atoms with Crippen molar-refractivity contribution in [2.24, 2.45) is 0 Å². The highest BCUT2D eigenvalue weighted by Gasteiger charge is 2.27. The lowest BCUT2D eigenvalue weighted by Gasteiger charge is -2.17. The Bertz CT molecular complexity index is 920. The summed E-state index contributed by atoms with van der Waals surface area (Å²) < 4.78 is 32.3. The van der Waals surface area contributed by atoms with Crippen molar-refractivity contribution in [3.05, 3.63) is 59.7 Å². The zero-order valence-electron chi connectivity index (χ0n) is 16.2. The summed E-state index contributed by atoms with van der Waals surface area (Å²) in [5.74, 6) is 0.533. The van der Waals surface area contributed by atoms with Gasteiger partial charge in [0.05, 0.1) is 10.9 Å². The first kappa shape index (κ1) is 20.4. The van der Waals surface area contributed by atoms with E-state index < -0.39 is 10.0 Å². The van der Waals surface area contributed by atoms with Crippen LogP contribution < -0.4 is 10.1 Å². The lowest BCUT2D eigenvalue weighted by atomic mass is 10.2. The van der Waals surface area contributed by atoms with Crippen molar-refractivity contribution < 1.29 is 17.9 Å². The summed E-state index contributed by atoms with van der Waals surface area (Å²) in [6.45, 7) is 5.29. The smallest absolute Gasteiger partial charge is 0.251 e. The summed E-state index contributed by atoms with van der Waals surface area (Å²) in [6, 6.07) is 13.6. The number of amides is 1. The van der Waals surface area contributed by atoms with E-state index in [2.05, 4.69) is 5.32 Å². The number of aryl methyl sites for hydroxylation is 1. The molecule has 7 heteroatoms. The second-order valence-corrected chi connectivity index (χ2v) is 9.02. The Hall–Kier alpha value is -2.38. The zero-order chi connectivity index (χ0) is 20.1. The highest BCUT2D eigenvalue weighted by atomic mass is 32.2. The minimum absolute atomic E-state index is 0.194. The average molecular weight is 403 g/mol. The second kappa shape index (κ2) is 8.75. The molecule has 6 nitrogen and oxygen atoms in total. The van der Waals surface area contributed by atoms with E-state index in [1.165, 1.54) is 16.4 Å². The number of ether oxygens (including phenoxy) is 1. The van der Waals surface area contributed by atoms with Crippen LogP contribution in [0.1, 0.15) is 35.7 Å². The second-order valence-electron chi connectivity index (χ2n) is 7.09. The van der Waals surface area contributed by atoms with E-state index in [0.29, 0.717) is 25.3 Å². The maximum atomic E-state index is 12.5. The van der Waals surface area contributed by atoms with Gasteiger partial charge in [0, 0.05) is 18.7 Å². The van der Waals surface area contributed by atoms with Crippen molar-refractivity contribution in [2.75, 3.05) is 19.7 Å². The van der Waals surface area contributed by atoms with E-state index in [1.807, 2.05) is 38.1 Å². The number of sulfonamides is 1. The van der Waals surface area contributed by atoms with Crippen LogP contribution in [0.2, 0.25) is 0 Å². The summed E-state index contributed by atoms with van der Waals surface area (Å²) in [4.78, 5) is 12.6. The van der Waals surface area contributed by atoms with Crippen LogP contribution in [0.3, 0.4) is 0 Å². The number of nitrogens with one attached hydrogen (secondary N) is 1. The van der Waals surface area contributed by atoms with Crippen LogP contribution in [-0.2, 0) is 10.0 Å². The number of nitrogens with zero attached hydrogens (tertiary/aromatic N) is 1. The van der Waals surface area contributed by atoms with Crippen molar-refractivity contribution in [1.82, 2.24) is 9.62 Å². The van der Waals surface area contributed by atoms with Crippen molar-refractivity contribution >= 4 is 15.9 Å². The molecule has 3 rings (SSSR count). The van der Waals surface area contributed by atoms with Crippen LogP contribution in [0.15, 0.2) is 53.4 Å². The summed E-state index contributed by atoms with van der Waals surface area (Å²) in [6.07, 6.45) is 1.78. The number of hydrogen-bond acceptors (Lipinski definition) is 4. The van der Waals surface area contributed by atoms with E-state index >= 15 is 0 Å². The maximum Gasteiger partial charge on any atom is 0.251 e. The molecule has 2 aromatic carbocycles. The molecule has 0 saturated carbocycles. The van der Waals surface area contributed by atoms with Crippen LogP contribution in [0.25, 0.3) is 0 Å². The molecule has 0 radical (unpaired) electrons. The van der Waals surface area contributed by atoms with Gasteiger partial charge in [0.25, 0.3) is 5.91 Å². The Morgan fingerprint density at radius 3 is 2.39 bits per heavy atom. The molecule has 1 atom stereocenters. The molecule has 28 heavy (non-hydrogen) atoms. The molecular formula is C21H26N2O4S. The first-order chi connectivity index (χ1) is 13.4. The van der Waals surface area contributed by atoms with Crippen molar-refractivity contribution in [2.45, 2.75) is 37.6 Å². The van der Waals surface area contributed by atoms with E-state index in [9.17, 15) is 13.2 Å². The monoisotopic (exact) mass is 402 g/mol. The molecule has 0 bridgehead atoms. The molecule has 1 fully saturated rings. The lowest BCUT2D eigenvalue weighted by Crippen LogP contribution is -2.36. The maximum absolute atomic E-state index is 12.5. The number of hydrogen-bond donors (Lipinski definition) is 1. The topological polar surface area (TPSA) is 75.7 Å². The number of para-hydroxylation sites is 1. The van der Waals surface area contributed by atoms with Gasteiger partial charge in [-0.15, -0.1) is 0 Å². The quantitative estimate of drug-likeness (QED) is 0.773. The minimum Gasteiger partial charge on any atom is -0.491 e. The Kier molecular flexibility index (Phi) is 6.36. The van der Waals surface area contributed by atoms with E-state index in [4.69, 9.17) is 4.74 Å². The third kappa shape index (κ3) is 4.72. The predicted molar refractivity (Wildman–Crippen MR) is 108 cm³/mol. The van der Waals surface area contributed by atoms with Crippen molar-refractivity contribution in [1.29, 1.82) is 0 Å². The molecule has 1 N–H and O–H groups in total. The van der Waals surface area contributed by atoms with Gasteiger partial charge in [-0.05, 0) is 62.6 Å². The SMILES string of the molecule is Cc1ccccc1OC[C@@H](C)NC(=O)c1ccc(S(=O)(=O)N2CCCC2)cc1. The molecule has 1 aliphatic rings. The molecule has 1 saturated heterocycles. The number of carbonyl (C=O) groups is 1. The molecule has 2 aromatic rings. The molecule has 0 aliphatic carbocycles. The van der Waals surface area contributed by atoms with Crippen LogP contribution in [0.4, 0.5) is 0 Å². The molecule has 0 unspecified atom stereocenters. The van der Waals surface area contributed by atoms with E-state index in [0.717, 1.165) is 24.2 Å². The highest BCUT2D eigenvalue weighted by molar-refractivity contribution is 7.89. The third-order valence-corrected chi connectivity index (χ3v) is 6.69. The van der Waals surface area contributed by atoms with E-state index in [1.54, 1.807) is 12.1 Å². The Labute approximate surface area is 166 Å². The summed E-state index contributed by atoms with van der Waals surface area (Å²) in [5.41, 5.74) is 1.46. The van der Waals surface area contributed by atoms with Crippen LogP contribution in [-0.4, -0.2) is 44.4 Å². The Balaban J connectivity index is 1.57. The standard InChI is InChI=1S/C21H26N2O4S/c1-16-7-3-4-8-20(16)27-15-17(2)22-21(24)18-9-11-19(12-10-18)28(25,26)23-13-5-6-14-23/h3-4,7-12,17H,5-6,13-15H2,1-2H3,(H,22,24)/t17-/m1/s1. The van der Waals surface area contributed by atoms with Crippen molar-refractivity contribution in [3.8, 4) is 5.75 Å². The van der Waals surface area contributed by atoms with Crippen LogP contribution >= 0.6 is 0 Å². The molecule has 1 amide bonds. The first-order valence-electron chi connectivity index (χ1n) is 9.47. The van der Waals surface area contributed by atoms with Crippen LogP contribution in [0.5, 0.6) is 5.75 Å². The Morgan fingerprint density at radius 1 is 1.11 bits per heavy atom. The predicted octanol–water partition coefficient (Wildman–Crippen LogP) is 2.98. The summed E-state index contributed by atoms with van der Waals surface area (Å²) in [5, 5.41) is 2.88. The molecule has 0 aromatic heterocycles. The van der Waals surface area contributed by atoms with Gasteiger partial charge >= 0.3 is 0 Å². The fraction of sp³-hybridized carbons (Fsp3) is 0.381. The summed E-state index contributed by atoms with van der Waals surface area (Å²) in [7, 11) is -3.47. The number of rotatable bonds is 7. The first-order valence-corrected chi connectivity index (χ1v) is 10.9. The highest BCUT2D eigenvalue weighted by Crippen LogP contribution is 2.21. The normalized spacial score (nSPS) is 15.9.